The van der Waals surface area contributed by atoms with Gasteiger partial charge in [-0.05, 0) is 117 Å². The SMILES string of the molecule is CON(C)C(=O)CCC[C@@H](C)[C@H]1CC[C@H]2[C@@H]3CC[C@H]4C[C@@H](O)CC[C@]4(C)[C@H]3CC[C@]12C. The molecule has 0 heterocycles. The molecule has 0 bridgehead atoms. The van der Waals surface area contributed by atoms with Gasteiger partial charge < -0.3 is 5.11 Å². The standard InChI is InChI=1S/C27H47NO3/c1-18(7-6-8-25(30)28(4)31-5)22-11-12-23-21-10-9-19-17-20(29)13-15-26(19,2)24(21)14-16-27(22,23)3/h18-24,29H,6-17H2,1-5H3/t18-,19+,20+,21+,22-,23+,24+,26+,27-/m1/s1. The van der Waals surface area contributed by atoms with E-state index in [1.165, 1.54) is 50.0 Å². The molecule has 1 amide bonds. The molecule has 0 radical (unpaired) electrons. The summed E-state index contributed by atoms with van der Waals surface area (Å²) in [6, 6.07) is 0. The van der Waals surface area contributed by atoms with E-state index in [-0.39, 0.29) is 12.0 Å². The van der Waals surface area contributed by atoms with Crippen LogP contribution in [0.15, 0.2) is 0 Å². The van der Waals surface area contributed by atoms with E-state index in [9.17, 15) is 9.90 Å². The number of carbonyl (C=O) groups is 1. The maximum absolute atomic E-state index is 12.1. The molecule has 178 valence electrons. The summed E-state index contributed by atoms with van der Waals surface area (Å²) in [4.78, 5) is 17.1. The average Bonchev–Trinajstić information content (AvgIpc) is 3.10. The van der Waals surface area contributed by atoms with Crippen LogP contribution in [0.5, 0.6) is 0 Å². The maximum Gasteiger partial charge on any atom is 0.245 e. The van der Waals surface area contributed by atoms with Crippen LogP contribution < -0.4 is 0 Å². The van der Waals surface area contributed by atoms with Crippen LogP contribution in [0.25, 0.3) is 0 Å². The number of rotatable bonds is 6. The molecule has 31 heavy (non-hydrogen) atoms. The number of hydrogen-bond donors (Lipinski definition) is 1. The highest BCUT2D eigenvalue weighted by atomic mass is 16.7. The monoisotopic (exact) mass is 433 g/mol. The van der Waals surface area contributed by atoms with Crippen molar-refractivity contribution in [3.05, 3.63) is 0 Å². The molecule has 0 aromatic rings. The van der Waals surface area contributed by atoms with Gasteiger partial charge in [0.2, 0.25) is 5.91 Å². The Kier molecular flexibility index (Phi) is 6.81. The lowest BCUT2D eigenvalue weighted by molar-refractivity contribution is -0.168. The molecule has 4 heteroatoms. The van der Waals surface area contributed by atoms with Crippen LogP contribution in [-0.2, 0) is 9.63 Å². The molecule has 4 aliphatic carbocycles. The predicted molar refractivity (Wildman–Crippen MR) is 124 cm³/mol. The van der Waals surface area contributed by atoms with Crippen LogP contribution in [0, 0.1) is 46.3 Å². The van der Waals surface area contributed by atoms with Gasteiger partial charge in [0.05, 0.1) is 13.2 Å². The summed E-state index contributed by atoms with van der Waals surface area (Å²) in [6.45, 7) is 7.67. The van der Waals surface area contributed by atoms with Crippen molar-refractivity contribution in [3.63, 3.8) is 0 Å². The third kappa shape index (κ3) is 4.09. The van der Waals surface area contributed by atoms with Gasteiger partial charge in [0, 0.05) is 13.5 Å². The molecule has 0 aliphatic heterocycles. The molecule has 4 nitrogen and oxygen atoms in total. The van der Waals surface area contributed by atoms with E-state index >= 15 is 0 Å². The number of aliphatic hydroxyl groups is 1. The van der Waals surface area contributed by atoms with Crippen LogP contribution in [0.1, 0.15) is 97.8 Å². The van der Waals surface area contributed by atoms with E-state index < -0.39 is 0 Å². The van der Waals surface area contributed by atoms with Gasteiger partial charge >= 0.3 is 0 Å². The number of amides is 1. The number of hydroxylamine groups is 2. The summed E-state index contributed by atoms with van der Waals surface area (Å²) in [5.74, 6) is 5.03. The van der Waals surface area contributed by atoms with Gasteiger partial charge in [-0.2, -0.15) is 0 Å². The van der Waals surface area contributed by atoms with Crippen molar-refractivity contribution in [1.82, 2.24) is 5.06 Å². The zero-order valence-electron chi connectivity index (χ0n) is 20.7. The second kappa shape index (κ2) is 8.97. The van der Waals surface area contributed by atoms with Gasteiger partial charge in [0.1, 0.15) is 0 Å². The Morgan fingerprint density at radius 3 is 2.52 bits per heavy atom. The lowest BCUT2D eigenvalue weighted by Crippen LogP contribution is -2.54. The van der Waals surface area contributed by atoms with Crippen molar-refractivity contribution in [2.75, 3.05) is 14.2 Å². The predicted octanol–water partition coefficient (Wildman–Crippen LogP) is 5.83. The Morgan fingerprint density at radius 2 is 1.77 bits per heavy atom. The van der Waals surface area contributed by atoms with Crippen LogP contribution in [0.3, 0.4) is 0 Å². The van der Waals surface area contributed by atoms with Crippen LogP contribution in [-0.4, -0.2) is 36.3 Å². The molecule has 1 N–H and O–H groups in total. The minimum Gasteiger partial charge on any atom is -0.393 e. The van der Waals surface area contributed by atoms with Crippen LogP contribution in [0.2, 0.25) is 0 Å². The Hall–Kier alpha value is -0.610. The molecule has 0 saturated heterocycles. The highest BCUT2D eigenvalue weighted by molar-refractivity contribution is 5.74. The summed E-state index contributed by atoms with van der Waals surface area (Å²) in [5.41, 5.74) is 0.964. The first-order chi connectivity index (χ1) is 14.7. The first kappa shape index (κ1) is 23.5. The lowest BCUT2D eigenvalue weighted by atomic mass is 9.44. The van der Waals surface area contributed by atoms with E-state index in [2.05, 4.69) is 20.8 Å². The van der Waals surface area contributed by atoms with Crippen LogP contribution >= 0.6 is 0 Å². The summed E-state index contributed by atoms with van der Waals surface area (Å²) >= 11 is 0. The molecule has 4 fully saturated rings. The second-order valence-electron chi connectivity index (χ2n) is 12.3. The summed E-state index contributed by atoms with van der Waals surface area (Å²) < 4.78 is 0. The first-order valence-corrected chi connectivity index (χ1v) is 13.2. The van der Waals surface area contributed by atoms with Gasteiger partial charge in [-0.25, -0.2) is 5.06 Å². The Bertz CT molecular complexity index is 652. The van der Waals surface area contributed by atoms with E-state index in [0.29, 0.717) is 23.2 Å². The van der Waals surface area contributed by atoms with Crippen LogP contribution in [0.4, 0.5) is 0 Å². The number of hydrogen-bond acceptors (Lipinski definition) is 3. The minimum atomic E-state index is -0.0456. The Labute approximate surface area is 190 Å². The third-order valence-electron chi connectivity index (χ3n) is 11.1. The van der Waals surface area contributed by atoms with Gasteiger partial charge in [-0.1, -0.05) is 20.8 Å². The number of nitrogens with zero attached hydrogens (tertiary/aromatic N) is 1. The molecule has 0 aromatic carbocycles. The number of fused-ring (bicyclic) bond motifs is 5. The topological polar surface area (TPSA) is 49.8 Å². The van der Waals surface area contributed by atoms with Crippen molar-refractivity contribution in [2.24, 2.45) is 46.3 Å². The highest BCUT2D eigenvalue weighted by Gasteiger charge is 2.60. The maximum atomic E-state index is 12.1. The van der Waals surface area contributed by atoms with E-state index in [1.807, 2.05) is 0 Å². The first-order valence-electron chi connectivity index (χ1n) is 13.2. The fourth-order valence-corrected chi connectivity index (χ4v) is 9.25. The molecule has 0 aromatic heterocycles. The average molecular weight is 434 g/mol. The van der Waals surface area contributed by atoms with Gasteiger partial charge in [0.25, 0.3) is 0 Å². The second-order valence-corrected chi connectivity index (χ2v) is 12.3. The van der Waals surface area contributed by atoms with Crippen molar-refractivity contribution >= 4 is 5.91 Å². The quantitative estimate of drug-likeness (QED) is 0.536. The van der Waals surface area contributed by atoms with Gasteiger partial charge in [-0.15, -0.1) is 0 Å². The van der Waals surface area contributed by atoms with Crippen molar-refractivity contribution < 1.29 is 14.7 Å². The number of carbonyl (C=O) groups excluding carboxylic acids is 1. The van der Waals surface area contributed by atoms with Gasteiger partial charge in [0.15, 0.2) is 0 Å². The van der Waals surface area contributed by atoms with Crippen molar-refractivity contribution in [1.29, 1.82) is 0 Å². The molecule has 4 saturated carbocycles. The normalized spacial score (nSPS) is 45.4. The summed E-state index contributed by atoms with van der Waals surface area (Å²) in [7, 11) is 3.26. The Balaban J connectivity index is 1.39. The van der Waals surface area contributed by atoms with E-state index in [0.717, 1.165) is 55.3 Å². The minimum absolute atomic E-state index is 0.0456. The molecule has 0 spiro atoms. The van der Waals surface area contributed by atoms with Gasteiger partial charge in [-0.3, -0.25) is 9.63 Å². The highest BCUT2D eigenvalue weighted by Crippen LogP contribution is 2.68. The van der Waals surface area contributed by atoms with Crippen molar-refractivity contribution in [3.8, 4) is 0 Å². The molecule has 4 aliphatic rings. The lowest BCUT2D eigenvalue weighted by Gasteiger charge is -2.61. The molecule has 9 atom stereocenters. The third-order valence-corrected chi connectivity index (χ3v) is 11.1. The summed E-state index contributed by atoms with van der Waals surface area (Å²) in [6.07, 6.45) is 14.3. The molecular weight excluding hydrogens is 386 g/mol. The fraction of sp³-hybridized carbons (Fsp3) is 0.963. The Morgan fingerprint density at radius 1 is 1.06 bits per heavy atom. The number of aliphatic hydroxyl groups excluding tert-OH is 1. The molecular formula is C27H47NO3. The smallest absolute Gasteiger partial charge is 0.245 e. The summed E-state index contributed by atoms with van der Waals surface area (Å²) in [5, 5.41) is 11.6. The van der Waals surface area contributed by atoms with Crippen molar-refractivity contribution in [2.45, 2.75) is 104 Å². The zero-order valence-corrected chi connectivity index (χ0v) is 20.7. The molecule has 0 unspecified atom stereocenters. The zero-order chi connectivity index (χ0) is 22.4. The molecule has 4 rings (SSSR count). The van der Waals surface area contributed by atoms with E-state index in [1.54, 1.807) is 14.2 Å². The largest absolute Gasteiger partial charge is 0.393 e. The van der Waals surface area contributed by atoms with E-state index in [4.69, 9.17) is 4.84 Å². The fourth-order valence-electron chi connectivity index (χ4n) is 9.25.